The van der Waals surface area contributed by atoms with Crippen LogP contribution >= 0.6 is 0 Å². The van der Waals surface area contributed by atoms with Crippen LogP contribution in [-0.4, -0.2) is 25.6 Å². The van der Waals surface area contributed by atoms with Crippen molar-refractivity contribution in [2.45, 2.75) is 30.8 Å². The van der Waals surface area contributed by atoms with Crippen LogP contribution in [0.4, 0.5) is 0 Å². The van der Waals surface area contributed by atoms with E-state index in [9.17, 15) is 13.2 Å². The van der Waals surface area contributed by atoms with Crippen LogP contribution in [0.2, 0.25) is 0 Å². The maximum absolute atomic E-state index is 12.2. The van der Waals surface area contributed by atoms with Gasteiger partial charge in [0.25, 0.3) is 6.47 Å². The minimum absolute atomic E-state index is 0.0173. The molecule has 0 saturated carbocycles. The van der Waals surface area contributed by atoms with Crippen molar-refractivity contribution in [1.82, 2.24) is 4.98 Å². The Morgan fingerprint density at radius 3 is 2.46 bits per heavy atom. The number of hydrogen-bond donors (Lipinski definition) is 1. The van der Waals surface area contributed by atoms with E-state index in [0.29, 0.717) is 12.0 Å². The molecule has 1 aromatic heterocycles. The Bertz CT molecular complexity index is 1040. The third-order valence-corrected chi connectivity index (χ3v) is 6.63. The van der Waals surface area contributed by atoms with Gasteiger partial charge in [0.05, 0.1) is 10.6 Å². The number of H-pyrrole nitrogens is 1. The van der Waals surface area contributed by atoms with E-state index < -0.39 is 15.9 Å². The Morgan fingerprint density at radius 2 is 1.79 bits per heavy atom. The summed E-state index contributed by atoms with van der Waals surface area (Å²) in [6, 6.07) is 18.6. The van der Waals surface area contributed by atoms with E-state index in [2.05, 4.69) is 4.98 Å². The zero-order valence-electron chi connectivity index (χ0n) is 15.8. The zero-order chi connectivity index (χ0) is 20.1. The smallest absolute Gasteiger partial charge is 0.293 e. The van der Waals surface area contributed by atoms with Gasteiger partial charge in [-0.25, -0.2) is 8.42 Å². The van der Waals surface area contributed by atoms with E-state index in [1.54, 1.807) is 31.2 Å². The molecular formula is C22H23NO4S. The monoisotopic (exact) mass is 397 g/mol. The maximum Gasteiger partial charge on any atom is 0.293 e. The summed E-state index contributed by atoms with van der Waals surface area (Å²) in [7, 11) is -3.34. The van der Waals surface area contributed by atoms with Gasteiger partial charge in [0.2, 0.25) is 0 Å². The highest BCUT2D eigenvalue weighted by Crippen LogP contribution is 2.35. The summed E-state index contributed by atoms with van der Waals surface area (Å²) in [5.74, 6) is -0.151. The van der Waals surface area contributed by atoms with Gasteiger partial charge in [-0.1, -0.05) is 56.3 Å². The Kier molecular flexibility index (Phi) is 5.99. The molecule has 5 nitrogen and oxygen atoms in total. The second-order valence-corrected chi connectivity index (χ2v) is 8.91. The summed E-state index contributed by atoms with van der Waals surface area (Å²) >= 11 is 0. The highest BCUT2D eigenvalue weighted by Gasteiger charge is 2.25. The average molecular weight is 397 g/mol. The lowest BCUT2D eigenvalue weighted by Crippen LogP contribution is -2.13. The first-order valence-corrected chi connectivity index (χ1v) is 10.8. The lowest BCUT2D eigenvalue weighted by atomic mass is 9.92. The molecule has 0 saturated heterocycles. The van der Waals surface area contributed by atoms with Crippen molar-refractivity contribution >= 4 is 16.3 Å². The standard InChI is InChI=1S/C22H23NO4S/c1-3-28(25,26)20-11-7-10-18(12-20)22(27-15-24)16(2)19-13-21(23-14-19)17-8-5-4-6-9-17/h4-16,22-23H,3H2,1-2H3. The highest BCUT2D eigenvalue weighted by atomic mass is 32.2. The van der Waals surface area contributed by atoms with Crippen molar-refractivity contribution in [3.63, 3.8) is 0 Å². The number of aromatic nitrogens is 1. The lowest BCUT2D eigenvalue weighted by molar-refractivity contribution is -0.134. The van der Waals surface area contributed by atoms with Crippen LogP contribution in [0, 0.1) is 0 Å². The molecule has 2 unspecified atom stereocenters. The summed E-state index contributed by atoms with van der Waals surface area (Å²) in [5.41, 5.74) is 3.64. The number of hydrogen-bond acceptors (Lipinski definition) is 4. The van der Waals surface area contributed by atoms with E-state index in [4.69, 9.17) is 4.74 Å². The van der Waals surface area contributed by atoms with Crippen LogP contribution in [0.3, 0.4) is 0 Å². The topological polar surface area (TPSA) is 76.2 Å². The highest BCUT2D eigenvalue weighted by molar-refractivity contribution is 7.91. The molecule has 1 N–H and O–H groups in total. The first-order chi connectivity index (χ1) is 13.5. The fraction of sp³-hybridized carbons (Fsp3) is 0.227. The number of rotatable bonds is 8. The summed E-state index contributed by atoms with van der Waals surface area (Å²) in [4.78, 5) is 14.6. The molecule has 6 heteroatoms. The second-order valence-electron chi connectivity index (χ2n) is 6.63. The summed E-state index contributed by atoms with van der Waals surface area (Å²) in [6.45, 7) is 3.97. The van der Waals surface area contributed by atoms with Crippen molar-refractivity contribution in [2.75, 3.05) is 5.75 Å². The first-order valence-electron chi connectivity index (χ1n) is 9.12. The van der Waals surface area contributed by atoms with Crippen molar-refractivity contribution < 1.29 is 17.9 Å². The van der Waals surface area contributed by atoms with E-state index in [-0.39, 0.29) is 16.6 Å². The van der Waals surface area contributed by atoms with Crippen LogP contribution in [0.5, 0.6) is 0 Å². The van der Waals surface area contributed by atoms with Crippen LogP contribution < -0.4 is 0 Å². The number of aromatic amines is 1. The van der Waals surface area contributed by atoms with Gasteiger partial charge in [0, 0.05) is 17.8 Å². The Balaban J connectivity index is 1.94. The Labute approximate surface area is 165 Å². The SMILES string of the molecule is CCS(=O)(=O)c1cccc(C(OC=O)C(C)c2c[nH]c(-c3ccccc3)c2)c1. The predicted octanol–water partition coefficient (Wildman–Crippen LogP) is 4.49. The number of benzene rings is 2. The van der Waals surface area contributed by atoms with Gasteiger partial charge in [-0.3, -0.25) is 4.79 Å². The molecule has 2 atom stereocenters. The lowest BCUT2D eigenvalue weighted by Gasteiger charge is -2.22. The van der Waals surface area contributed by atoms with Crippen molar-refractivity contribution in [2.24, 2.45) is 0 Å². The third-order valence-electron chi connectivity index (χ3n) is 4.90. The minimum atomic E-state index is -3.34. The molecule has 0 aliphatic heterocycles. The quantitative estimate of drug-likeness (QED) is 0.568. The van der Waals surface area contributed by atoms with Gasteiger partial charge in [-0.2, -0.15) is 0 Å². The van der Waals surface area contributed by atoms with E-state index in [1.807, 2.05) is 49.5 Å². The van der Waals surface area contributed by atoms with E-state index >= 15 is 0 Å². The molecule has 28 heavy (non-hydrogen) atoms. The third kappa shape index (κ3) is 4.17. The van der Waals surface area contributed by atoms with Crippen LogP contribution in [0.15, 0.2) is 71.8 Å². The zero-order valence-corrected chi connectivity index (χ0v) is 16.6. The largest absolute Gasteiger partial charge is 0.459 e. The van der Waals surface area contributed by atoms with Gasteiger partial charge in [0.15, 0.2) is 9.84 Å². The molecule has 0 spiro atoms. The number of carbonyl (C=O) groups excluding carboxylic acids is 1. The molecule has 0 radical (unpaired) electrons. The first kappa shape index (κ1) is 19.9. The van der Waals surface area contributed by atoms with E-state index in [1.165, 1.54) is 0 Å². The molecule has 0 fully saturated rings. The fourth-order valence-electron chi connectivity index (χ4n) is 3.23. The van der Waals surface area contributed by atoms with Crippen molar-refractivity contribution in [1.29, 1.82) is 0 Å². The molecule has 0 bridgehead atoms. The molecule has 3 rings (SSSR count). The Hall–Kier alpha value is -2.86. The van der Waals surface area contributed by atoms with Crippen molar-refractivity contribution in [3.8, 4) is 11.3 Å². The predicted molar refractivity (Wildman–Crippen MR) is 109 cm³/mol. The van der Waals surface area contributed by atoms with Gasteiger partial charge < -0.3 is 9.72 Å². The normalized spacial score (nSPS) is 13.6. The van der Waals surface area contributed by atoms with Gasteiger partial charge >= 0.3 is 0 Å². The fourth-order valence-corrected chi connectivity index (χ4v) is 4.16. The van der Waals surface area contributed by atoms with Gasteiger partial charge in [-0.15, -0.1) is 0 Å². The number of carbonyl (C=O) groups is 1. The number of sulfone groups is 1. The molecule has 3 aromatic rings. The van der Waals surface area contributed by atoms with Crippen LogP contribution in [0.25, 0.3) is 11.3 Å². The second kappa shape index (κ2) is 8.44. The molecule has 2 aromatic carbocycles. The molecule has 146 valence electrons. The van der Waals surface area contributed by atoms with E-state index in [0.717, 1.165) is 16.8 Å². The van der Waals surface area contributed by atoms with Crippen molar-refractivity contribution in [3.05, 3.63) is 78.0 Å². The molecular weight excluding hydrogens is 374 g/mol. The van der Waals surface area contributed by atoms with Crippen LogP contribution in [0.1, 0.15) is 37.0 Å². The number of ether oxygens (including phenoxy) is 1. The van der Waals surface area contributed by atoms with Gasteiger partial charge in [0.1, 0.15) is 6.10 Å². The average Bonchev–Trinajstić information content (AvgIpc) is 3.22. The summed E-state index contributed by atoms with van der Waals surface area (Å²) < 4.78 is 29.8. The summed E-state index contributed by atoms with van der Waals surface area (Å²) in [6.07, 6.45) is 1.30. The molecule has 1 heterocycles. The Morgan fingerprint density at radius 1 is 1.04 bits per heavy atom. The summed E-state index contributed by atoms with van der Waals surface area (Å²) in [5, 5.41) is 0. The van der Waals surface area contributed by atoms with Crippen LogP contribution in [-0.2, 0) is 19.4 Å². The van der Waals surface area contributed by atoms with Gasteiger partial charge in [-0.05, 0) is 34.9 Å². The number of nitrogens with one attached hydrogen (secondary N) is 1. The molecule has 0 aliphatic carbocycles. The molecule has 0 amide bonds. The maximum atomic E-state index is 12.2. The minimum Gasteiger partial charge on any atom is -0.459 e. The molecule has 0 aliphatic rings.